The monoisotopic (exact) mass is 466 g/mol. The maximum atomic E-state index is 11.7. The Morgan fingerprint density at radius 2 is 1.74 bits per heavy atom. The van der Waals surface area contributed by atoms with Crippen LogP contribution in [0, 0.1) is 23.2 Å². The van der Waals surface area contributed by atoms with Crippen LogP contribution >= 0.6 is 0 Å². The highest BCUT2D eigenvalue weighted by atomic mass is 16.1. The number of primary amides is 1. The molecule has 3 aliphatic rings. The van der Waals surface area contributed by atoms with Crippen molar-refractivity contribution >= 4 is 16.8 Å². The summed E-state index contributed by atoms with van der Waals surface area (Å²) in [6.07, 6.45) is 10.9. The summed E-state index contributed by atoms with van der Waals surface area (Å²) >= 11 is 0. The van der Waals surface area contributed by atoms with E-state index in [1.54, 1.807) is 11.6 Å². The van der Waals surface area contributed by atoms with Crippen molar-refractivity contribution in [2.24, 2.45) is 17.6 Å². The van der Waals surface area contributed by atoms with Gasteiger partial charge in [0, 0.05) is 34.6 Å². The largest absolute Gasteiger partial charge is 0.366 e. The molecule has 1 amide bonds. The van der Waals surface area contributed by atoms with Crippen molar-refractivity contribution in [1.82, 2.24) is 9.88 Å². The number of amides is 1. The third kappa shape index (κ3) is 3.58. The molecule has 2 aliphatic carbocycles. The fraction of sp³-hybridized carbons (Fsp3) is 0.467. The van der Waals surface area contributed by atoms with Gasteiger partial charge in [0.15, 0.2) is 0 Å². The lowest BCUT2D eigenvalue weighted by Gasteiger charge is -2.52. The van der Waals surface area contributed by atoms with Crippen molar-refractivity contribution in [3.63, 3.8) is 0 Å². The summed E-state index contributed by atoms with van der Waals surface area (Å²) in [6.45, 7) is 1.07. The summed E-state index contributed by atoms with van der Waals surface area (Å²) in [5.74, 6) is 0.882. The molecule has 5 nitrogen and oxygen atoms in total. The van der Waals surface area contributed by atoms with Crippen LogP contribution in [-0.2, 0) is 12.0 Å². The average molecular weight is 467 g/mol. The molecule has 6 rings (SSSR count). The highest BCUT2D eigenvalue weighted by Gasteiger charge is 2.50. The first kappa shape index (κ1) is 22.4. The number of hydrogen-bond donors (Lipinski definition) is 2. The van der Waals surface area contributed by atoms with Gasteiger partial charge >= 0.3 is 0 Å². The molecule has 2 saturated carbocycles. The summed E-state index contributed by atoms with van der Waals surface area (Å²) in [6, 6.07) is 19.3. The summed E-state index contributed by atoms with van der Waals surface area (Å²) in [5, 5.41) is 14.9. The van der Waals surface area contributed by atoms with Crippen LogP contribution in [0.3, 0.4) is 0 Å². The highest BCUT2D eigenvalue weighted by molar-refractivity contribution is 5.97. The Bertz CT molecular complexity index is 1300. The number of fused-ring (bicyclic) bond motifs is 2. The molecule has 35 heavy (non-hydrogen) atoms. The van der Waals surface area contributed by atoms with Crippen molar-refractivity contribution in [1.29, 1.82) is 5.26 Å². The van der Waals surface area contributed by atoms with E-state index in [0.717, 1.165) is 49.6 Å². The maximum Gasteiger partial charge on any atom is 0.248 e. The van der Waals surface area contributed by atoms with E-state index in [1.807, 2.05) is 18.2 Å². The number of nitrogens with zero attached hydrogens (tertiary/aromatic N) is 2. The van der Waals surface area contributed by atoms with E-state index in [4.69, 9.17) is 5.73 Å². The first-order chi connectivity index (χ1) is 17.1. The van der Waals surface area contributed by atoms with E-state index in [-0.39, 0.29) is 5.54 Å². The second-order valence-corrected chi connectivity index (χ2v) is 10.8. The Balaban J connectivity index is 1.32. The molecule has 0 spiro atoms. The van der Waals surface area contributed by atoms with E-state index >= 15 is 0 Å². The molecule has 0 radical (unpaired) electrons. The Morgan fingerprint density at radius 3 is 2.49 bits per heavy atom. The average Bonchev–Trinajstić information content (AvgIpc) is 3.56. The Kier molecular flexibility index (Phi) is 5.65. The van der Waals surface area contributed by atoms with Gasteiger partial charge < -0.3 is 15.6 Å². The number of carbonyl (C=O) groups is 1. The molecule has 1 aromatic heterocycles. The van der Waals surface area contributed by atoms with Crippen LogP contribution in [0.4, 0.5) is 0 Å². The molecule has 3 N–H and O–H groups in total. The minimum absolute atomic E-state index is 0.0868. The molecule has 2 heterocycles. The number of nitriles is 1. The predicted molar refractivity (Wildman–Crippen MR) is 138 cm³/mol. The fourth-order valence-corrected chi connectivity index (χ4v) is 7.74. The molecule has 2 aromatic carbocycles. The van der Waals surface area contributed by atoms with Crippen molar-refractivity contribution in [3.8, 4) is 6.07 Å². The van der Waals surface area contributed by atoms with E-state index in [2.05, 4.69) is 40.2 Å². The van der Waals surface area contributed by atoms with Gasteiger partial charge in [-0.2, -0.15) is 5.26 Å². The molecule has 3 aromatic rings. The third-order valence-corrected chi connectivity index (χ3v) is 9.22. The van der Waals surface area contributed by atoms with Gasteiger partial charge in [-0.1, -0.05) is 37.1 Å². The van der Waals surface area contributed by atoms with Crippen molar-refractivity contribution in [2.75, 3.05) is 6.54 Å². The lowest BCUT2D eigenvalue weighted by Crippen LogP contribution is -2.57. The van der Waals surface area contributed by atoms with Crippen molar-refractivity contribution < 1.29 is 4.79 Å². The first-order valence-corrected chi connectivity index (χ1v) is 13.3. The number of hydrogen-bond acceptors (Lipinski definition) is 3. The molecule has 1 aliphatic heterocycles. The number of carbonyl (C=O) groups excluding carboxylic acids is 1. The van der Waals surface area contributed by atoms with Gasteiger partial charge in [-0.3, -0.25) is 4.79 Å². The summed E-state index contributed by atoms with van der Waals surface area (Å²) in [4.78, 5) is 11.7. The lowest BCUT2D eigenvalue weighted by atomic mass is 9.61. The number of rotatable bonds is 4. The molecular weight excluding hydrogens is 432 g/mol. The van der Waals surface area contributed by atoms with Gasteiger partial charge in [-0.05, 0) is 92.2 Å². The van der Waals surface area contributed by atoms with Crippen molar-refractivity contribution in [2.45, 2.75) is 69.4 Å². The minimum atomic E-state index is -0.434. The van der Waals surface area contributed by atoms with E-state index in [9.17, 15) is 10.1 Å². The van der Waals surface area contributed by atoms with Gasteiger partial charge in [-0.25, -0.2) is 0 Å². The van der Waals surface area contributed by atoms with Gasteiger partial charge in [0.25, 0.3) is 0 Å². The topological polar surface area (TPSA) is 83.8 Å². The third-order valence-electron chi connectivity index (χ3n) is 9.22. The molecule has 5 heteroatoms. The number of nitrogens with one attached hydrogen (secondary N) is 1. The van der Waals surface area contributed by atoms with Crippen LogP contribution < -0.4 is 11.1 Å². The van der Waals surface area contributed by atoms with Gasteiger partial charge in [0.05, 0.1) is 0 Å². The van der Waals surface area contributed by atoms with Crippen LogP contribution in [0.5, 0.6) is 0 Å². The minimum Gasteiger partial charge on any atom is -0.366 e. The van der Waals surface area contributed by atoms with Crippen LogP contribution in [0.15, 0.2) is 48.5 Å². The maximum absolute atomic E-state index is 11.7. The second-order valence-electron chi connectivity index (χ2n) is 10.8. The van der Waals surface area contributed by atoms with Crippen LogP contribution in [0.2, 0.25) is 0 Å². The standard InChI is InChI=1S/C30H34N4O/c31-19-26-18-22-17-21(29(32)35)9-14-28(22)34(26)25-12-10-24(11-13-25)30(23-6-2-3-7-23)27-8-4-1-5-20(27)15-16-33-30/h1,4-5,8-9,14,17-18,23-25,33H,2-3,6-7,10-13,15-16H2,(H2,32,35). The highest BCUT2D eigenvalue weighted by Crippen LogP contribution is 2.53. The number of aromatic nitrogens is 1. The van der Waals surface area contributed by atoms with Crippen LogP contribution in [0.25, 0.3) is 10.9 Å². The molecule has 2 fully saturated rings. The van der Waals surface area contributed by atoms with E-state index < -0.39 is 5.91 Å². The Labute approximate surface area is 207 Å². The van der Waals surface area contributed by atoms with Crippen molar-refractivity contribution in [3.05, 3.63) is 70.9 Å². The molecule has 180 valence electrons. The molecular formula is C30H34N4O. The molecule has 1 atom stereocenters. The summed E-state index contributed by atoms with van der Waals surface area (Å²) in [5.41, 5.74) is 10.9. The fourth-order valence-electron chi connectivity index (χ4n) is 7.74. The normalized spacial score (nSPS) is 26.9. The Hall–Kier alpha value is -3.10. The first-order valence-electron chi connectivity index (χ1n) is 13.3. The molecule has 0 saturated heterocycles. The zero-order chi connectivity index (χ0) is 24.0. The van der Waals surface area contributed by atoms with E-state index in [1.165, 1.54) is 31.2 Å². The van der Waals surface area contributed by atoms with Gasteiger partial charge in [0.1, 0.15) is 11.8 Å². The molecule has 1 unspecified atom stereocenters. The summed E-state index contributed by atoms with van der Waals surface area (Å²) < 4.78 is 2.22. The lowest BCUT2D eigenvalue weighted by molar-refractivity contribution is 0.0734. The SMILES string of the molecule is N#Cc1cc2cc(C(N)=O)ccc2n1C1CCC(C2(C3CCCC3)NCCc3ccccc32)CC1. The zero-order valence-electron chi connectivity index (χ0n) is 20.3. The van der Waals surface area contributed by atoms with Gasteiger partial charge in [-0.15, -0.1) is 0 Å². The quantitative estimate of drug-likeness (QED) is 0.527. The number of benzene rings is 2. The van der Waals surface area contributed by atoms with Gasteiger partial charge in [0.2, 0.25) is 5.91 Å². The smallest absolute Gasteiger partial charge is 0.248 e. The second kappa shape index (κ2) is 8.84. The predicted octanol–water partition coefficient (Wildman–Crippen LogP) is 5.57. The van der Waals surface area contributed by atoms with Crippen LogP contribution in [0.1, 0.15) is 84.6 Å². The number of nitrogens with two attached hydrogens (primary N) is 1. The van der Waals surface area contributed by atoms with E-state index in [0.29, 0.717) is 29.1 Å². The van der Waals surface area contributed by atoms with Crippen LogP contribution in [-0.4, -0.2) is 17.0 Å². The zero-order valence-corrected chi connectivity index (χ0v) is 20.3. The molecule has 0 bridgehead atoms. The summed E-state index contributed by atoms with van der Waals surface area (Å²) in [7, 11) is 0. The Morgan fingerprint density at radius 1 is 1.00 bits per heavy atom.